The number of para-hydroxylation sites is 1. The minimum atomic E-state index is 0.200. The van der Waals surface area contributed by atoms with Gasteiger partial charge in [-0.2, -0.15) is 5.10 Å². The van der Waals surface area contributed by atoms with Crippen LogP contribution in [0.2, 0.25) is 0 Å². The van der Waals surface area contributed by atoms with Crippen molar-refractivity contribution in [1.29, 1.82) is 0 Å². The van der Waals surface area contributed by atoms with Crippen molar-refractivity contribution in [3.05, 3.63) is 47.8 Å². The molecule has 1 aromatic heterocycles. The van der Waals surface area contributed by atoms with Crippen LogP contribution in [-0.2, 0) is 5.41 Å². The zero-order chi connectivity index (χ0) is 16.1. The Kier molecular flexibility index (Phi) is 3.09. The maximum absolute atomic E-state index is 9.14. The Bertz CT molecular complexity index is 742. The molecule has 4 aliphatic rings. The summed E-state index contributed by atoms with van der Waals surface area (Å²) < 4.78 is 1.95. The molecule has 24 heavy (non-hydrogen) atoms. The number of hydrogen-bond acceptors (Lipinski definition) is 3. The lowest BCUT2D eigenvalue weighted by atomic mass is 9.48. The van der Waals surface area contributed by atoms with Crippen molar-refractivity contribution in [2.75, 3.05) is 0 Å². The number of nitrogens with zero attached hydrogens (tertiary/aromatic N) is 3. The van der Waals surface area contributed by atoms with Gasteiger partial charge in [0.05, 0.1) is 17.6 Å². The first kappa shape index (κ1) is 14.3. The smallest absolute Gasteiger partial charge is 0.0780 e. The number of hydrogen-bond donors (Lipinski definition) is 1. The van der Waals surface area contributed by atoms with Crippen LogP contribution in [0.3, 0.4) is 0 Å². The average Bonchev–Trinajstić information content (AvgIpc) is 3.00. The van der Waals surface area contributed by atoms with Gasteiger partial charge in [0.25, 0.3) is 0 Å². The molecule has 0 atom stereocenters. The predicted octanol–water partition coefficient (Wildman–Crippen LogP) is 4.15. The zero-order valence-corrected chi connectivity index (χ0v) is 13.8. The largest absolute Gasteiger partial charge is 0.411 e. The lowest BCUT2D eigenvalue weighted by Crippen LogP contribution is -2.49. The highest BCUT2D eigenvalue weighted by molar-refractivity contribution is 5.81. The summed E-state index contributed by atoms with van der Waals surface area (Å²) in [6.45, 7) is 0. The third-order valence-electron chi connectivity index (χ3n) is 6.50. The molecular formula is C20H23N3O. The fourth-order valence-electron chi connectivity index (χ4n) is 6.07. The van der Waals surface area contributed by atoms with E-state index in [-0.39, 0.29) is 5.41 Å². The molecule has 0 saturated heterocycles. The summed E-state index contributed by atoms with van der Waals surface area (Å²) in [5.74, 6) is 2.62. The molecule has 1 aromatic carbocycles. The van der Waals surface area contributed by atoms with Gasteiger partial charge in [0.15, 0.2) is 0 Å². The summed E-state index contributed by atoms with van der Waals surface area (Å²) in [7, 11) is 0. The maximum atomic E-state index is 9.14. The molecule has 4 saturated carbocycles. The molecule has 4 aliphatic carbocycles. The molecule has 124 valence electrons. The van der Waals surface area contributed by atoms with Crippen LogP contribution < -0.4 is 0 Å². The molecule has 1 N–H and O–H groups in total. The molecule has 2 aromatic rings. The number of aromatic nitrogens is 2. The zero-order valence-electron chi connectivity index (χ0n) is 13.8. The first-order valence-corrected chi connectivity index (χ1v) is 9.09. The van der Waals surface area contributed by atoms with Crippen molar-refractivity contribution in [3.63, 3.8) is 0 Å². The molecule has 4 heteroatoms. The van der Waals surface area contributed by atoms with E-state index in [0.29, 0.717) is 0 Å². The van der Waals surface area contributed by atoms with Gasteiger partial charge in [-0.15, -0.1) is 0 Å². The van der Waals surface area contributed by atoms with Crippen LogP contribution in [-0.4, -0.2) is 21.2 Å². The minimum absolute atomic E-state index is 0.200. The molecular weight excluding hydrogens is 298 g/mol. The Hall–Kier alpha value is -2.10. The Balaban J connectivity index is 1.61. The highest BCUT2D eigenvalue weighted by atomic mass is 16.4. The molecule has 0 aliphatic heterocycles. The van der Waals surface area contributed by atoms with Gasteiger partial charge in [0.2, 0.25) is 0 Å². The summed E-state index contributed by atoms with van der Waals surface area (Å²) in [5, 5.41) is 17.5. The van der Waals surface area contributed by atoms with E-state index in [0.717, 1.165) is 34.7 Å². The van der Waals surface area contributed by atoms with Crippen molar-refractivity contribution in [1.82, 2.24) is 9.78 Å². The summed E-state index contributed by atoms with van der Waals surface area (Å²) in [5.41, 5.74) is 3.39. The lowest BCUT2D eigenvalue weighted by molar-refractivity contribution is -0.00740. The van der Waals surface area contributed by atoms with Gasteiger partial charge >= 0.3 is 0 Å². The van der Waals surface area contributed by atoms with E-state index in [1.54, 1.807) is 6.21 Å². The fourth-order valence-corrected chi connectivity index (χ4v) is 6.07. The van der Waals surface area contributed by atoms with Gasteiger partial charge in [-0.3, -0.25) is 0 Å². The van der Waals surface area contributed by atoms with E-state index < -0.39 is 0 Å². The second-order valence-electron chi connectivity index (χ2n) is 8.16. The van der Waals surface area contributed by atoms with E-state index in [9.17, 15) is 0 Å². The average molecular weight is 321 g/mol. The number of rotatable bonds is 3. The quantitative estimate of drug-likeness (QED) is 0.524. The van der Waals surface area contributed by atoms with Gasteiger partial charge < -0.3 is 5.21 Å². The monoisotopic (exact) mass is 321 g/mol. The molecule has 0 spiro atoms. The summed E-state index contributed by atoms with van der Waals surface area (Å²) in [6.07, 6.45) is 11.6. The van der Waals surface area contributed by atoms with Crippen LogP contribution >= 0.6 is 0 Å². The predicted molar refractivity (Wildman–Crippen MR) is 92.8 cm³/mol. The topological polar surface area (TPSA) is 50.4 Å². The van der Waals surface area contributed by atoms with Crippen LogP contribution in [0.5, 0.6) is 0 Å². The third-order valence-corrected chi connectivity index (χ3v) is 6.50. The molecule has 0 radical (unpaired) electrons. The minimum Gasteiger partial charge on any atom is -0.411 e. The molecule has 4 fully saturated rings. The highest BCUT2D eigenvalue weighted by Gasteiger charge is 2.53. The SMILES string of the molecule is O/N=C\c1cn(-c2ccccc2)nc1C12CC3CC(CC(C3)C1)C2. The normalized spacial score (nSPS) is 34.2. The van der Waals surface area contributed by atoms with Crippen LogP contribution in [0.25, 0.3) is 5.69 Å². The summed E-state index contributed by atoms with van der Waals surface area (Å²) in [6, 6.07) is 10.2. The third kappa shape index (κ3) is 2.12. The van der Waals surface area contributed by atoms with Crippen molar-refractivity contribution >= 4 is 6.21 Å². The van der Waals surface area contributed by atoms with Gasteiger partial charge in [0, 0.05) is 17.2 Å². The van der Waals surface area contributed by atoms with E-state index in [4.69, 9.17) is 10.3 Å². The van der Waals surface area contributed by atoms with Crippen LogP contribution in [0.4, 0.5) is 0 Å². The van der Waals surface area contributed by atoms with Crippen LogP contribution in [0.1, 0.15) is 49.8 Å². The second kappa shape index (κ2) is 5.20. The van der Waals surface area contributed by atoms with Crippen molar-refractivity contribution in [2.45, 2.75) is 43.9 Å². The van der Waals surface area contributed by atoms with Gasteiger partial charge in [-0.05, 0) is 68.4 Å². The fraction of sp³-hybridized carbons (Fsp3) is 0.500. The van der Waals surface area contributed by atoms with E-state index in [1.165, 1.54) is 38.5 Å². The molecule has 0 amide bonds. The van der Waals surface area contributed by atoms with Crippen molar-refractivity contribution < 1.29 is 5.21 Å². The molecule has 4 bridgehead atoms. The summed E-state index contributed by atoms with van der Waals surface area (Å²) >= 11 is 0. The molecule has 1 heterocycles. The van der Waals surface area contributed by atoms with Crippen LogP contribution in [0, 0.1) is 17.8 Å². The Morgan fingerprint density at radius 2 is 1.67 bits per heavy atom. The van der Waals surface area contributed by atoms with Crippen molar-refractivity contribution in [3.8, 4) is 5.69 Å². The first-order chi connectivity index (χ1) is 11.8. The van der Waals surface area contributed by atoms with Crippen molar-refractivity contribution in [2.24, 2.45) is 22.9 Å². The van der Waals surface area contributed by atoms with E-state index >= 15 is 0 Å². The van der Waals surface area contributed by atoms with Gasteiger partial charge in [-0.25, -0.2) is 4.68 Å². The molecule has 4 nitrogen and oxygen atoms in total. The Morgan fingerprint density at radius 1 is 1.04 bits per heavy atom. The van der Waals surface area contributed by atoms with E-state index in [1.807, 2.05) is 29.1 Å². The number of oxime groups is 1. The highest BCUT2D eigenvalue weighted by Crippen LogP contribution is 2.60. The lowest BCUT2D eigenvalue weighted by Gasteiger charge is -2.56. The maximum Gasteiger partial charge on any atom is 0.0780 e. The number of benzene rings is 1. The second-order valence-corrected chi connectivity index (χ2v) is 8.16. The van der Waals surface area contributed by atoms with Crippen LogP contribution in [0.15, 0.2) is 41.7 Å². The van der Waals surface area contributed by atoms with Gasteiger partial charge in [0.1, 0.15) is 0 Å². The van der Waals surface area contributed by atoms with Gasteiger partial charge in [-0.1, -0.05) is 23.4 Å². The summed E-state index contributed by atoms with van der Waals surface area (Å²) in [4.78, 5) is 0. The Morgan fingerprint density at radius 3 is 2.25 bits per heavy atom. The van der Waals surface area contributed by atoms with E-state index in [2.05, 4.69) is 17.3 Å². The standard InChI is InChI=1S/C20H23N3O/c24-21-12-17-13-23(18-4-2-1-3-5-18)22-19(17)20-9-14-6-15(10-20)8-16(7-14)11-20/h1-5,12-16,24H,6-11H2/b21-12-. The molecule has 6 rings (SSSR count). The first-order valence-electron chi connectivity index (χ1n) is 9.09. The molecule has 0 unspecified atom stereocenters. The Labute approximate surface area is 142 Å².